The van der Waals surface area contributed by atoms with E-state index >= 15 is 0 Å². The van der Waals surface area contributed by atoms with Gasteiger partial charge >= 0.3 is 0 Å². The maximum absolute atomic E-state index is 13.5. The van der Waals surface area contributed by atoms with Crippen LogP contribution in [0.5, 0.6) is 0 Å². The molecule has 5 nitrogen and oxygen atoms in total. The van der Waals surface area contributed by atoms with Gasteiger partial charge in [-0.05, 0) is 59.9 Å². The molecule has 1 N–H and O–H groups in total. The Morgan fingerprint density at radius 2 is 1.54 bits per heavy atom. The summed E-state index contributed by atoms with van der Waals surface area (Å²) >= 11 is 1.26. The van der Waals surface area contributed by atoms with Gasteiger partial charge in [0.05, 0.1) is 22.3 Å². The molecule has 0 saturated heterocycles. The summed E-state index contributed by atoms with van der Waals surface area (Å²) in [5, 5.41) is 4.09. The Hall–Kier alpha value is -4.16. The summed E-state index contributed by atoms with van der Waals surface area (Å²) in [5.41, 5.74) is 5.40. The van der Waals surface area contributed by atoms with Gasteiger partial charge in [0.25, 0.3) is 5.56 Å². The van der Waals surface area contributed by atoms with E-state index in [2.05, 4.69) is 24.4 Å². The average Bonchev–Trinajstić information content (AvgIpc) is 2.94. The number of nitrogens with one attached hydrogen (secondary N) is 1. The molecule has 0 atom stereocenters. The molecule has 0 fully saturated rings. The number of hydrogen-bond donors (Lipinski definition) is 1. The minimum absolute atomic E-state index is 0.123. The summed E-state index contributed by atoms with van der Waals surface area (Å²) in [6.07, 6.45) is 1.64. The molecule has 0 spiro atoms. The number of para-hydroxylation sites is 2. The standard InChI is InChI=1S/C31H27N3O2S/c1-2-22-16-18-25(19-17-22)34-30(36)26-13-7-9-15-28(26)33-31(34)37-21-29(35)32-27-14-8-6-12-24(27)20-23-10-4-3-5-11-23/h3-19H,2,20-21H2,1H3,(H,32,35). The van der Waals surface area contributed by atoms with Gasteiger partial charge in [-0.1, -0.05) is 91.5 Å². The third-order valence-electron chi connectivity index (χ3n) is 6.21. The Balaban J connectivity index is 1.40. The Kier molecular flexibility index (Phi) is 7.47. The van der Waals surface area contributed by atoms with E-state index in [1.54, 1.807) is 10.6 Å². The van der Waals surface area contributed by atoms with Crippen LogP contribution < -0.4 is 10.9 Å². The number of aromatic nitrogens is 2. The van der Waals surface area contributed by atoms with Crippen molar-refractivity contribution in [2.24, 2.45) is 0 Å². The fourth-order valence-electron chi connectivity index (χ4n) is 4.25. The highest BCUT2D eigenvalue weighted by Crippen LogP contribution is 2.23. The topological polar surface area (TPSA) is 64.0 Å². The van der Waals surface area contributed by atoms with E-state index in [4.69, 9.17) is 4.98 Å². The minimum Gasteiger partial charge on any atom is -0.325 e. The first-order valence-electron chi connectivity index (χ1n) is 12.3. The van der Waals surface area contributed by atoms with E-state index in [0.29, 0.717) is 16.1 Å². The number of carbonyl (C=O) groups is 1. The van der Waals surface area contributed by atoms with Crippen LogP contribution in [0.3, 0.4) is 0 Å². The van der Waals surface area contributed by atoms with Crippen LogP contribution in [0.1, 0.15) is 23.6 Å². The van der Waals surface area contributed by atoms with Crippen molar-refractivity contribution in [2.45, 2.75) is 24.9 Å². The lowest BCUT2D eigenvalue weighted by molar-refractivity contribution is -0.113. The van der Waals surface area contributed by atoms with E-state index in [1.807, 2.05) is 84.9 Å². The van der Waals surface area contributed by atoms with Crippen LogP contribution in [-0.4, -0.2) is 21.2 Å². The number of aryl methyl sites for hydroxylation is 1. The van der Waals surface area contributed by atoms with Gasteiger partial charge in [-0.3, -0.25) is 14.2 Å². The molecule has 5 rings (SSSR count). The lowest BCUT2D eigenvalue weighted by Gasteiger charge is -2.14. The predicted octanol–water partition coefficient (Wildman–Crippen LogP) is 6.27. The highest BCUT2D eigenvalue weighted by molar-refractivity contribution is 7.99. The number of fused-ring (bicyclic) bond motifs is 1. The molecule has 0 aliphatic rings. The molecule has 0 unspecified atom stereocenters. The number of amides is 1. The normalized spacial score (nSPS) is 10.9. The molecule has 0 aliphatic carbocycles. The smallest absolute Gasteiger partial charge is 0.266 e. The Labute approximate surface area is 220 Å². The summed E-state index contributed by atoms with van der Waals surface area (Å²) in [6.45, 7) is 2.09. The maximum Gasteiger partial charge on any atom is 0.266 e. The molecular formula is C31H27N3O2S. The van der Waals surface area contributed by atoms with Gasteiger partial charge in [0.1, 0.15) is 0 Å². The summed E-state index contributed by atoms with van der Waals surface area (Å²) < 4.78 is 1.60. The second kappa shape index (κ2) is 11.3. The van der Waals surface area contributed by atoms with Crippen LogP contribution in [0.25, 0.3) is 16.6 Å². The SMILES string of the molecule is CCc1ccc(-n2c(SCC(=O)Nc3ccccc3Cc3ccccc3)nc3ccccc3c2=O)cc1. The number of rotatable bonds is 8. The number of benzene rings is 4. The third-order valence-corrected chi connectivity index (χ3v) is 7.15. The monoisotopic (exact) mass is 505 g/mol. The molecule has 0 bridgehead atoms. The summed E-state index contributed by atoms with van der Waals surface area (Å²) in [5.74, 6) is -0.0295. The quantitative estimate of drug-likeness (QED) is 0.199. The molecular weight excluding hydrogens is 478 g/mol. The molecule has 6 heteroatoms. The van der Waals surface area contributed by atoms with Crippen molar-refractivity contribution in [1.82, 2.24) is 9.55 Å². The van der Waals surface area contributed by atoms with E-state index in [1.165, 1.54) is 22.9 Å². The molecule has 37 heavy (non-hydrogen) atoms. The van der Waals surface area contributed by atoms with Gasteiger partial charge in [-0.15, -0.1) is 0 Å². The lowest BCUT2D eigenvalue weighted by atomic mass is 10.0. The van der Waals surface area contributed by atoms with E-state index < -0.39 is 0 Å². The number of hydrogen-bond acceptors (Lipinski definition) is 4. The van der Waals surface area contributed by atoms with Crippen LogP contribution >= 0.6 is 11.8 Å². The molecule has 184 valence electrons. The third kappa shape index (κ3) is 5.65. The van der Waals surface area contributed by atoms with Crippen molar-refractivity contribution < 1.29 is 4.79 Å². The predicted molar refractivity (Wildman–Crippen MR) is 152 cm³/mol. The van der Waals surface area contributed by atoms with Crippen LogP contribution in [-0.2, 0) is 17.6 Å². The van der Waals surface area contributed by atoms with Gasteiger partial charge in [0.15, 0.2) is 5.16 Å². The summed E-state index contributed by atoms with van der Waals surface area (Å²) in [4.78, 5) is 31.2. The van der Waals surface area contributed by atoms with Gasteiger partial charge in [0.2, 0.25) is 5.91 Å². The van der Waals surface area contributed by atoms with Crippen molar-refractivity contribution in [3.63, 3.8) is 0 Å². The second-order valence-corrected chi connectivity index (χ2v) is 9.67. The van der Waals surface area contributed by atoms with Crippen molar-refractivity contribution >= 4 is 34.3 Å². The summed E-state index contributed by atoms with van der Waals surface area (Å²) in [6, 6.07) is 33.2. The van der Waals surface area contributed by atoms with Gasteiger partial charge in [-0.25, -0.2) is 4.98 Å². The maximum atomic E-state index is 13.5. The highest BCUT2D eigenvalue weighted by Gasteiger charge is 2.15. The van der Waals surface area contributed by atoms with Crippen molar-refractivity contribution in [2.75, 3.05) is 11.1 Å². The first-order chi connectivity index (χ1) is 18.1. The number of carbonyl (C=O) groups excluding carboxylic acids is 1. The fraction of sp³-hybridized carbons (Fsp3) is 0.129. The summed E-state index contributed by atoms with van der Waals surface area (Å²) in [7, 11) is 0. The number of anilines is 1. The largest absolute Gasteiger partial charge is 0.325 e. The lowest BCUT2D eigenvalue weighted by Crippen LogP contribution is -2.23. The van der Waals surface area contributed by atoms with Crippen LogP contribution in [0.15, 0.2) is 113 Å². The minimum atomic E-state index is -0.152. The second-order valence-electron chi connectivity index (χ2n) is 8.73. The van der Waals surface area contributed by atoms with Crippen molar-refractivity contribution in [3.05, 3.63) is 130 Å². The van der Waals surface area contributed by atoms with Gasteiger partial charge in [0, 0.05) is 5.69 Å². The first-order valence-corrected chi connectivity index (χ1v) is 13.3. The van der Waals surface area contributed by atoms with Crippen LogP contribution in [0.4, 0.5) is 5.69 Å². The number of thioether (sulfide) groups is 1. The van der Waals surface area contributed by atoms with Crippen molar-refractivity contribution in [3.8, 4) is 5.69 Å². The van der Waals surface area contributed by atoms with Gasteiger partial charge < -0.3 is 5.32 Å². The molecule has 1 aromatic heterocycles. The van der Waals surface area contributed by atoms with E-state index in [0.717, 1.165) is 29.8 Å². The Morgan fingerprint density at radius 3 is 2.32 bits per heavy atom. The molecule has 0 radical (unpaired) electrons. The molecule has 4 aromatic carbocycles. The Morgan fingerprint density at radius 1 is 0.838 bits per heavy atom. The zero-order valence-corrected chi connectivity index (χ0v) is 21.4. The molecule has 5 aromatic rings. The molecule has 1 amide bonds. The number of nitrogens with zero attached hydrogens (tertiary/aromatic N) is 2. The fourth-order valence-corrected chi connectivity index (χ4v) is 5.06. The molecule has 0 aliphatic heterocycles. The van der Waals surface area contributed by atoms with Gasteiger partial charge in [-0.2, -0.15) is 0 Å². The zero-order valence-electron chi connectivity index (χ0n) is 20.6. The molecule has 1 heterocycles. The van der Waals surface area contributed by atoms with E-state index in [9.17, 15) is 9.59 Å². The van der Waals surface area contributed by atoms with Crippen LogP contribution in [0, 0.1) is 0 Å². The van der Waals surface area contributed by atoms with Crippen LogP contribution in [0.2, 0.25) is 0 Å². The van der Waals surface area contributed by atoms with E-state index in [-0.39, 0.29) is 17.2 Å². The highest BCUT2D eigenvalue weighted by atomic mass is 32.2. The molecule has 0 saturated carbocycles. The Bertz CT molecular complexity index is 1600. The first kappa shape index (κ1) is 24.5. The zero-order chi connectivity index (χ0) is 25.6. The average molecular weight is 506 g/mol. The van der Waals surface area contributed by atoms with Crippen molar-refractivity contribution in [1.29, 1.82) is 0 Å².